The van der Waals surface area contributed by atoms with Crippen LogP contribution < -0.4 is 5.43 Å². The molecule has 0 atom stereocenters. The monoisotopic (exact) mass is 407 g/mol. The van der Waals surface area contributed by atoms with Crippen LogP contribution in [0.3, 0.4) is 0 Å². The van der Waals surface area contributed by atoms with Gasteiger partial charge in [-0.3, -0.25) is 14.9 Å². The van der Waals surface area contributed by atoms with Crippen molar-refractivity contribution in [3.63, 3.8) is 0 Å². The zero-order valence-electron chi connectivity index (χ0n) is 16.1. The van der Waals surface area contributed by atoms with Gasteiger partial charge in [-0.05, 0) is 44.2 Å². The number of nitrogens with zero attached hydrogens (tertiary/aromatic N) is 4. The van der Waals surface area contributed by atoms with Crippen LogP contribution in [-0.4, -0.2) is 37.7 Å². The summed E-state index contributed by atoms with van der Waals surface area (Å²) >= 11 is 0. The number of hydrogen-bond acceptors (Lipinski definition) is 6. The lowest BCUT2D eigenvalue weighted by Gasteiger charge is -2.10. The Balaban J connectivity index is 1.77. The molecule has 0 unspecified atom stereocenters. The van der Waals surface area contributed by atoms with Gasteiger partial charge in [-0.15, -0.1) is 0 Å². The molecule has 0 radical (unpaired) electrons. The number of nitro groups is 1. The molecule has 30 heavy (non-hydrogen) atoms. The highest BCUT2D eigenvalue weighted by molar-refractivity contribution is 5.93. The third-order valence-electron chi connectivity index (χ3n) is 4.38. The lowest BCUT2D eigenvalue weighted by atomic mass is 10.2. The number of rotatable bonds is 6. The van der Waals surface area contributed by atoms with Gasteiger partial charge in [0.05, 0.1) is 16.7 Å². The summed E-state index contributed by atoms with van der Waals surface area (Å²) in [4.78, 5) is 37.1. The summed E-state index contributed by atoms with van der Waals surface area (Å²) in [7, 11) is 0. The highest BCUT2D eigenvalue weighted by Crippen LogP contribution is 2.20. The van der Waals surface area contributed by atoms with Crippen molar-refractivity contribution in [3.8, 4) is 5.69 Å². The lowest BCUT2D eigenvalue weighted by Crippen LogP contribution is -2.19. The molecule has 3 aromatic rings. The molecular weight excluding hydrogens is 390 g/mol. The predicted octanol–water partition coefficient (Wildman–Crippen LogP) is 2.86. The standard InChI is InChI=1S/C20H17N5O5/c1-12-8-15(13(2)24(12)16-5-3-4-14(9-16)20(27)28)10-22-23-19(26)18-7-6-17(11-21-18)25(29)30/h3-11H,1-2H3,(H,23,26)(H,27,28)/b22-10+. The van der Waals surface area contributed by atoms with E-state index in [1.807, 2.05) is 24.5 Å². The molecule has 2 N–H and O–H groups in total. The Bertz CT molecular complexity index is 1160. The van der Waals surface area contributed by atoms with Gasteiger partial charge in [0.1, 0.15) is 11.9 Å². The topological polar surface area (TPSA) is 140 Å². The summed E-state index contributed by atoms with van der Waals surface area (Å²) in [5.41, 5.74) is 5.38. The van der Waals surface area contributed by atoms with E-state index in [1.54, 1.807) is 18.2 Å². The number of carboxylic acid groups (broad SMARTS) is 1. The predicted molar refractivity (Wildman–Crippen MR) is 108 cm³/mol. The zero-order valence-corrected chi connectivity index (χ0v) is 16.1. The largest absolute Gasteiger partial charge is 0.478 e. The number of carbonyl (C=O) groups is 2. The number of amides is 1. The van der Waals surface area contributed by atoms with Gasteiger partial charge in [0.15, 0.2) is 0 Å². The molecule has 2 aromatic heterocycles. The smallest absolute Gasteiger partial charge is 0.335 e. The average Bonchev–Trinajstić information content (AvgIpc) is 3.01. The minimum Gasteiger partial charge on any atom is -0.478 e. The average molecular weight is 407 g/mol. The number of carboxylic acids is 1. The van der Waals surface area contributed by atoms with Crippen molar-refractivity contribution in [2.75, 3.05) is 0 Å². The molecule has 0 saturated heterocycles. The van der Waals surface area contributed by atoms with Gasteiger partial charge >= 0.3 is 5.97 Å². The van der Waals surface area contributed by atoms with E-state index >= 15 is 0 Å². The molecule has 1 amide bonds. The Morgan fingerprint density at radius 1 is 1.23 bits per heavy atom. The molecule has 0 aliphatic heterocycles. The fourth-order valence-electron chi connectivity index (χ4n) is 2.94. The van der Waals surface area contributed by atoms with Crippen LogP contribution in [0.4, 0.5) is 5.69 Å². The molecule has 0 aliphatic rings. The van der Waals surface area contributed by atoms with Gasteiger partial charge in [0, 0.05) is 28.7 Å². The summed E-state index contributed by atoms with van der Waals surface area (Å²) in [6.45, 7) is 3.72. The summed E-state index contributed by atoms with van der Waals surface area (Å²) in [6, 6.07) is 10.8. The van der Waals surface area contributed by atoms with E-state index in [1.165, 1.54) is 24.4 Å². The van der Waals surface area contributed by atoms with Crippen LogP contribution in [0, 0.1) is 24.0 Å². The third kappa shape index (κ3) is 4.22. The number of benzene rings is 1. The summed E-state index contributed by atoms with van der Waals surface area (Å²) in [6.07, 6.45) is 2.46. The van der Waals surface area contributed by atoms with Crippen molar-refractivity contribution in [1.82, 2.24) is 15.0 Å². The summed E-state index contributed by atoms with van der Waals surface area (Å²) in [5.74, 6) is -1.62. The summed E-state index contributed by atoms with van der Waals surface area (Å²) < 4.78 is 1.88. The first kappa shape index (κ1) is 20.4. The maximum absolute atomic E-state index is 12.1. The molecule has 1 aromatic carbocycles. The van der Waals surface area contributed by atoms with Crippen molar-refractivity contribution in [2.45, 2.75) is 13.8 Å². The highest BCUT2D eigenvalue weighted by atomic mass is 16.6. The van der Waals surface area contributed by atoms with Gasteiger partial charge < -0.3 is 9.67 Å². The van der Waals surface area contributed by atoms with Crippen LogP contribution in [-0.2, 0) is 0 Å². The molecule has 2 heterocycles. The number of hydrazone groups is 1. The minimum atomic E-state index is -1.01. The second-order valence-electron chi connectivity index (χ2n) is 6.38. The number of carbonyl (C=O) groups excluding carboxylic acids is 1. The quantitative estimate of drug-likeness (QED) is 0.366. The van der Waals surface area contributed by atoms with Gasteiger partial charge in [-0.1, -0.05) is 6.07 Å². The Morgan fingerprint density at radius 3 is 2.63 bits per heavy atom. The first-order valence-electron chi connectivity index (χ1n) is 8.74. The normalized spacial score (nSPS) is 10.9. The van der Waals surface area contributed by atoms with Crippen molar-refractivity contribution >= 4 is 23.8 Å². The number of nitrogens with one attached hydrogen (secondary N) is 1. The molecule has 0 saturated carbocycles. The number of hydrogen-bond donors (Lipinski definition) is 2. The van der Waals surface area contributed by atoms with Crippen LogP contribution in [0.1, 0.15) is 37.8 Å². The number of pyridine rings is 1. The second-order valence-corrected chi connectivity index (χ2v) is 6.38. The van der Waals surface area contributed by atoms with Gasteiger partial charge in [-0.25, -0.2) is 15.2 Å². The van der Waals surface area contributed by atoms with Crippen LogP contribution >= 0.6 is 0 Å². The maximum Gasteiger partial charge on any atom is 0.335 e. The molecule has 10 heteroatoms. The maximum atomic E-state index is 12.1. The van der Waals surface area contributed by atoms with Crippen LogP contribution in [0.15, 0.2) is 53.8 Å². The highest BCUT2D eigenvalue weighted by Gasteiger charge is 2.13. The fraction of sp³-hybridized carbons (Fsp3) is 0.100. The van der Waals surface area contributed by atoms with Crippen LogP contribution in [0.25, 0.3) is 5.69 Å². The molecule has 10 nitrogen and oxygen atoms in total. The fourth-order valence-corrected chi connectivity index (χ4v) is 2.94. The zero-order chi connectivity index (χ0) is 21.8. The molecular formula is C20H17N5O5. The first-order valence-corrected chi connectivity index (χ1v) is 8.74. The SMILES string of the molecule is Cc1cc(/C=N/NC(=O)c2ccc([N+](=O)[O-])cn2)c(C)n1-c1cccc(C(=O)O)c1. The Kier molecular flexibility index (Phi) is 5.68. The molecule has 0 fully saturated rings. The molecule has 0 spiro atoms. The van der Waals surface area contributed by atoms with E-state index in [4.69, 9.17) is 0 Å². The van der Waals surface area contributed by atoms with Gasteiger partial charge in [-0.2, -0.15) is 5.10 Å². The Labute approximate surface area is 170 Å². The molecule has 152 valence electrons. The van der Waals surface area contributed by atoms with E-state index in [-0.39, 0.29) is 16.9 Å². The minimum absolute atomic E-state index is 0.00583. The molecule has 3 rings (SSSR count). The van der Waals surface area contributed by atoms with Gasteiger partial charge in [0.25, 0.3) is 11.6 Å². The van der Waals surface area contributed by atoms with Crippen molar-refractivity contribution in [2.24, 2.45) is 5.10 Å². The van der Waals surface area contributed by atoms with E-state index in [0.29, 0.717) is 5.69 Å². The van der Waals surface area contributed by atoms with Crippen LogP contribution in [0.2, 0.25) is 0 Å². The molecule has 0 bridgehead atoms. The van der Waals surface area contributed by atoms with Gasteiger partial charge in [0.2, 0.25) is 0 Å². The van der Waals surface area contributed by atoms with E-state index in [0.717, 1.165) is 23.1 Å². The van der Waals surface area contributed by atoms with Crippen molar-refractivity contribution < 1.29 is 19.6 Å². The Hall–Kier alpha value is -4.34. The molecule has 0 aliphatic carbocycles. The van der Waals surface area contributed by atoms with E-state index < -0.39 is 16.8 Å². The van der Waals surface area contributed by atoms with Crippen molar-refractivity contribution in [3.05, 3.63) is 87.0 Å². The second kappa shape index (κ2) is 8.35. The van der Waals surface area contributed by atoms with Crippen molar-refractivity contribution in [1.29, 1.82) is 0 Å². The first-order chi connectivity index (χ1) is 14.3. The van der Waals surface area contributed by atoms with E-state index in [2.05, 4.69) is 15.5 Å². The van der Waals surface area contributed by atoms with Crippen LogP contribution in [0.5, 0.6) is 0 Å². The number of aromatic nitrogens is 2. The number of aryl methyl sites for hydroxylation is 1. The third-order valence-corrected chi connectivity index (χ3v) is 4.38. The van der Waals surface area contributed by atoms with E-state index in [9.17, 15) is 24.8 Å². The number of aromatic carboxylic acids is 1. The lowest BCUT2D eigenvalue weighted by molar-refractivity contribution is -0.385. The Morgan fingerprint density at radius 2 is 2.00 bits per heavy atom. The summed E-state index contributed by atoms with van der Waals surface area (Å²) in [5, 5.41) is 23.8.